The maximum absolute atomic E-state index is 12.7. The molecule has 0 fully saturated rings. The molecular formula is C21H25N7O. The number of hydrogen-bond acceptors (Lipinski definition) is 6. The fourth-order valence-corrected chi connectivity index (χ4v) is 2.69. The Morgan fingerprint density at radius 3 is 2.59 bits per heavy atom. The first kappa shape index (κ1) is 19.9. The number of urea groups is 1. The van der Waals surface area contributed by atoms with Crippen LogP contribution in [-0.2, 0) is 0 Å². The van der Waals surface area contributed by atoms with Crippen molar-refractivity contribution in [2.45, 2.75) is 6.92 Å². The largest absolute Gasteiger partial charge is 0.399 e. The topological polar surface area (TPSA) is 99.4 Å². The van der Waals surface area contributed by atoms with Crippen LogP contribution in [0.3, 0.4) is 0 Å². The zero-order valence-electron chi connectivity index (χ0n) is 17.0. The number of hydrogen-bond donors (Lipinski definition) is 3. The van der Waals surface area contributed by atoms with Crippen molar-refractivity contribution in [2.75, 3.05) is 47.3 Å². The number of nitrogen functional groups attached to an aromatic ring is 1. The summed E-state index contributed by atoms with van der Waals surface area (Å²) >= 11 is 0. The van der Waals surface area contributed by atoms with E-state index >= 15 is 0 Å². The highest BCUT2D eigenvalue weighted by Crippen LogP contribution is 2.23. The van der Waals surface area contributed by atoms with Crippen molar-refractivity contribution < 1.29 is 4.79 Å². The minimum Gasteiger partial charge on any atom is -0.399 e. The molecule has 0 saturated heterocycles. The smallest absolute Gasteiger partial charge is 0.327 e. The van der Waals surface area contributed by atoms with Crippen molar-refractivity contribution in [3.8, 4) is 0 Å². The molecule has 0 saturated carbocycles. The molecule has 2 amide bonds. The molecule has 0 atom stereocenters. The first-order valence-electron chi connectivity index (χ1n) is 9.11. The lowest BCUT2D eigenvalue weighted by Crippen LogP contribution is -2.32. The summed E-state index contributed by atoms with van der Waals surface area (Å²) in [5.74, 6) is 1.05. The SMILES string of the molecule is Cc1ccc(N)cc1NC(=O)N(C)c1cc(Nc2cccc(N(C)C)c2)ncn1. The van der Waals surface area contributed by atoms with Gasteiger partial charge in [-0.2, -0.15) is 0 Å². The van der Waals surface area contributed by atoms with Crippen LogP contribution in [0.2, 0.25) is 0 Å². The van der Waals surface area contributed by atoms with Crippen molar-refractivity contribution in [3.63, 3.8) is 0 Å². The predicted molar refractivity (Wildman–Crippen MR) is 119 cm³/mol. The molecule has 0 unspecified atom stereocenters. The molecule has 0 aliphatic rings. The Kier molecular flexibility index (Phi) is 5.82. The van der Waals surface area contributed by atoms with Gasteiger partial charge >= 0.3 is 6.03 Å². The van der Waals surface area contributed by atoms with E-state index < -0.39 is 0 Å². The van der Waals surface area contributed by atoms with Gasteiger partial charge in [0, 0.05) is 50.0 Å². The zero-order valence-corrected chi connectivity index (χ0v) is 17.0. The summed E-state index contributed by atoms with van der Waals surface area (Å²) in [5, 5.41) is 6.11. The molecule has 0 radical (unpaired) electrons. The van der Waals surface area contributed by atoms with Gasteiger partial charge in [0.15, 0.2) is 0 Å². The number of nitrogens with one attached hydrogen (secondary N) is 2. The second-order valence-corrected chi connectivity index (χ2v) is 6.89. The Morgan fingerprint density at radius 2 is 1.83 bits per heavy atom. The van der Waals surface area contributed by atoms with Crippen LogP contribution in [0.15, 0.2) is 54.9 Å². The summed E-state index contributed by atoms with van der Waals surface area (Å²) in [7, 11) is 5.62. The average Bonchev–Trinajstić information content (AvgIpc) is 2.70. The van der Waals surface area contributed by atoms with Gasteiger partial charge in [-0.3, -0.25) is 4.90 Å². The molecule has 0 aliphatic heterocycles. The lowest BCUT2D eigenvalue weighted by Gasteiger charge is -2.19. The van der Waals surface area contributed by atoms with E-state index in [4.69, 9.17) is 5.73 Å². The van der Waals surface area contributed by atoms with Gasteiger partial charge in [-0.05, 0) is 42.8 Å². The number of aryl methyl sites for hydroxylation is 1. The van der Waals surface area contributed by atoms with Gasteiger partial charge in [-0.25, -0.2) is 14.8 Å². The molecule has 29 heavy (non-hydrogen) atoms. The van der Waals surface area contributed by atoms with E-state index in [2.05, 4.69) is 20.6 Å². The van der Waals surface area contributed by atoms with E-state index in [9.17, 15) is 4.79 Å². The number of nitrogens with two attached hydrogens (primary N) is 1. The van der Waals surface area contributed by atoms with Gasteiger partial charge in [-0.1, -0.05) is 12.1 Å². The third-order valence-corrected chi connectivity index (χ3v) is 4.44. The van der Waals surface area contributed by atoms with Crippen LogP contribution in [0, 0.1) is 6.92 Å². The van der Waals surface area contributed by atoms with Gasteiger partial charge in [0.05, 0.1) is 0 Å². The highest BCUT2D eigenvalue weighted by atomic mass is 16.2. The molecule has 150 valence electrons. The van der Waals surface area contributed by atoms with Crippen molar-refractivity contribution in [1.82, 2.24) is 9.97 Å². The molecule has 1 heterocycles. The third-order valence-electron chi connectivity index (χ3n) is 4.44. The number of benzene rings is 2. The zero-order chi connectivity index (χ0) is 21.0. The number of rotatable bonds is 5. The van der Waals surface area contributed by atoms with Gasteiger partial charge < -0.3 is 21.3 Å². The number of carbonyl (C=O) groups excluding carboxylic acids is 1. The summed E-state index contributed by atoms with van der Waals surface area (Å²) in [5.41, 5.74) is 9.95. The number of carbonyl (C=O) groups is 1. The van der Waals surface area contributed by atoms with Crippen molar-refractivity contribution in [1.29, 1.82) is 0 Å². The Morgan fingerprint density at radius 1 is 1.03 bits per heavy atom. The lowest BCUT2D eigenvalue weighted by molar-refractivity contribution is 0.258. The van der Waals surface area contributed by atoms with E-state index in [0.29, 0.717) is 23.0 Å². The Labute approximate surface area is 170 Å². The molecule has 1 aromatic heterocycles. The molecule has 4 N–H and O–H groups in total. The minimum absolute atomic E-state index is 0.321. The summed E-state index contributed by atoms with van der Waals surface area (Å²) in [4.78, 5) is 24.6. The van der Waals surface area contributed by atoms with Crippen LogP contribution in [-0.4, -0.2) is 37.1 Å². The number of aromatic nitrogens is 2. The third kappa shape index (κ3) is 4.92. The summed E-state index contributed by atoms with van der Waals surface area (Å²) < 4.78 is 0. The van der Waals surface area contributed by atoms with E-state index in [0.717, 1.165) is 16.9 Å². The quantitative estimate of drug-likeness (QED) is 0.572. The van der Waals surface area contributed by atoms with Crippen LogP contribution in [0.5, 0.6) is 0 Å². The fourth-order valence-electron chi connectivity index (χ4n) is 2.69. The molecule has 0 spiro atoms. The van der Waals surface area contributed by atoms with Gasteiger partial charge in [0.2, 0.25) is 0 Å². The normalized spacial score (nSPS) is 10.3. The molecular weight excluding hydrogens is 366 g/mol. The molecule has 8 heteroatoms. The maximum Gasteiger partial charge on any atom is 0.327 e. The standard InChI is InChI=1S/C21H25N7O/c1-14-8-9-15(22)10-18(14)26-21(29)28(4)20-12-19(23-13-24-20)25-16-6-5-7-17(11-16)27(2)3/h5-13H,22H2,1-4H3,(H,26,29)(H,23,24,25). The number of nitrogens with zero attached hydrogens (tertiary/aromatic N) is 4. The van der Waals surface area contributed by atoms with E-state index in [-0.39, 0.29) is 6.03 Å². The molecule has 3 aromatic rings. The van der Waals surface area contributed by atoms with Crippen LogP contribution in [0.1, 0.15) is 5.56 Å². The van der Waals surface area contributed by atoms with Crippen molar-refractivity contribution in [3.05, 3.63) is 60.4 Å². The van der Waals surface area contributed by atoms with Gasteiger partial charge in [0.1, 0.15) is 18.0 Å². The maximum atomic E-state index is 12.7. The van der Waals surface area contributed by atoms with Crippen molar-refractivity contribution >= 4 is 40.4 Å². The van der Waals surface area contributed by atoms with E-state index in [1.807, 2.05) is 56.3 Å². The number of amides is 2. The molecule has 3 rings (SSSR count). The van der Waals surface area contributed by atoms with Crippen LogP contribution in [0.4, 0.5) is 39.2 Å². The van der Waals surface area contributed by atoms with E-state index in [1.165, 1.54) is 11.2 Å². The molecule has 0 aliphatic carbocycles. The van der Waals surface area contributed by atoms with Crippen molar-refractivity contribution in [2.24, 2.45) is 0 Å². The van der Waals surface area contributed by atoms with Crippen LogP contribution >= 0.6 is 0 Å². The summed E-state index contributed by atoms with van der Waals surface area (Å²) in [6.45, 7) is 1.91. The first-order chi connectivity index (χ1) is 13.8. The van der Waals surface area contributed by atoms with Gasteiger partial charge in [0.25, 0.3) is 0 Å². The molecule has 8 nitrogen and oxygen atoms in total. The summed E-state index contributed by atoms with van der Waals surface area (Å²) in [6.07, 6.45) is 1.42. The Hall–Kier alpha value is -3.81. The summed E-state index contributed by atoms with van der Waals surface area (Å²) in [6, 6.07) is 14.7. The average molecular weight is 391 g/mol. The van der Waals surface area contributed by atoms with Crippen LogP contribution in [0.25, 0.3) is 0 Å². The second-order valence-electron chi connectivity index (χ2n) is 6.89. The Bertz CT molecular complexity index is 1020. The first-order valence-corrected chi connectivity index (χ1v) is 9.11. The minimum atomic E-state index is -0.321. The van der Waals surface area contributed by atoms with Crippen LogP contribution < -0.4 is 26.2 Å². The predicted octanol–water partition coefficient (Wildman–Crippen LogP) is 3.85. The Balaban J connectivity index is 1.75. The van der Waals surface area contributed by atoms with Gasteiger partial charge in [-0.15, -0.1) is 0 Å². The monoisotopic (exact) mass is 391 g/mol. The molecule has 2 aromatic carbocycles. The van der Waals surface area contributed by atoms with E-state index in [1.54, 1.807) is 25.2 Å². The second kappa shape index (κ2) is 8.47. The number of anilines is 6. The molecule has 0 bridgehead atoms. The lowest BCUT2D eigenvalue weighted by atomic mass is 10.2. The highest BCUT2D eigenvalue weighted by molar-refractivity contribution is 6.01. The highest BCUT2D eigenvalue weighted by Gasteiger charge is 2.14. The fraction of sp³-hybridized carbons (Fsp3) is 0.190.